The summed E-state index contributed by atoms with van der Waals surface area (Å²) in [5.74, 6) is 0.901. The molecule has 2 aromatic carbocycles. The number of hydrogen-bond donors (Lipinski definition) is 1. The second kappa shape index (κ2) is 7.88. The Morgan fingerprint density at radius 1 is 1.04 bits per heavy atom. The molecule has 7 heteroatoms. The van der Waals surface area contributed by atoms with Gasteiger partial charge in [-0.1, -0.05) is 41.9 Å². The van der Waals surface area contributed by atoms with Crippen LogP contribution in [0.25, 0.3) is 11.3 Å². The topological polar surface area (TPSA) is 42.2 Å². The molecule has 1 heterocycles. The van der Waals surface area contributed by atoms with E-state index < -0.39 is 22.7 Å². The predicted molar refractivity (Wildman–Crippen MR) is 97.5 cm³/mol. The van der Waals surface area contributed by atoms with Gasteiger partial charge in [-0.15, -0.1) is 0 Å². The Morgan fingerprint density at radius 3 is 2.48 bits per heavy atom. The highest BCUT2D eigenvalue weighted by atomic mass is 35.5. The van der Waals surface area contributed by atoms with Crippen molar-refractivity contribution in [3.05, 3.63) is 77.0 Å². The van der Waals surface area contributed by atoms with Crippen LogP contribution in [0.1, 0.15) is 17.7 Å². The number of benzene rings is 2. The minimum atomic E-state index is -4.58. The number of amides is 1. The third-order valence-electron chi connectivity index (χ3n) is 3.87. The van der Waals surface area contributed by atoms with Gasteiger partial charge < -0.3 is 9.73 Å². The monoisotopic (exact) mass is 393 g/mol. The SMILES string of the molecule is O=C(CCc1ccc(-c2ccccc2)o1)Nc1ccc(Cl)c(C(F)(F)F)c1. The van der Waals surface area contributed by atoms with Crippen molar-refractivity contribution < 1.29 is 22.4 Å². The maximum Gasteiger partial charge on any atom is 0.417 e. The lowest BCUT2D eigenvalue weighted by atomic mass is 10.1. The number of anilines is 1. The lowest BCUT2D eigenvalue weighted by molar-refractivity contribution is -0.137. The van der Waals surface area contributed by atoms with Crippen LogP contribution in [0.4, 0.5) is 18.9 Å². The number of hydrogen-bond acceptors (Lipinski definition) is 2. The van der Waals surface area contributed by atoms with Gasteiger partial charge in [0.05, 0.1) is 10.6 Å². The van der Waals surface area contributed by atoms with Crippen LogP contribution in [0.3, 0.4) is 0 Å². The molecule has 27 heavy (non-hydrogen) atoms. The molecule has 0 atom stereocenters. The number of carbonyl (C=O) groups is 1. The van der Waals surface area contributed by atoms with Crippen molar-refractivity contribution in [2.24, 2.45) is 0 Å². The van der Waals surface area contributed by atoms with Gasteiger partial charge in [0.1, 0.15) is 11.5 Å². The van der Waals surface area contributed by atoms with Gasteiger partial charge in [-0.2, -0.15) is 13.2 Å². The van der Waals surface area contributed by atoms with Gasteiger partial charge in [0.2, 0.25) is 5.91 Å². The first-order chi connectivity index (χ1) is 12.8. The van der Waals surface area contributed by atoms with E-state index in [1.807, 2.05) is 36.4 Å². The largest absolute Gasteiger partial charge is 0.461 e. The standard InChI is InChI=1S/C20H15ClF3NO2/c21-17-9-6-14(12-16(17)20(22,23)24)25-19(26)11-8-15-7-10-18(27-15)13-4-2-1-3-5-13/h1-7,9-10,12H,8,11H2,(H,25,26). The molecule has 0 bridgehead atoms. The molecule has 140 valence electrons. The molecule has 0 aliphatic carbocycles. The molecule has 0 aliphatic rings. The summed E-state index contributed by atoms with van der Waals surface area (Å²) in [6, 6.07) is 16.4. The van der Waals surface area contributed by atoms with E-state index in [1.54, 1.807) is 6.07 Å². The summed E-state index contributed by atoms with van der Waals surface area (Å²) in [6.07, 6.45) is -4.18. The number of halogens is 4. The number of furan rings is 1. The number of nitrogens with one attached hydrogen (secondary N) is 1. The van der Waals surface area contributed by atoms with Crippen LogP contribution in [0.2, 0.25) is 5.02 Å². The minimum absolute atomic E-state index is 0.0427. The number of rotatable bonds is 5. The summed E-state index contributed by atoms with van der Waals surface area (Å²) in [4.78, 5) is 12.0. The van der Waals surface area contributed by atoms with Gasteiger partial charge in [-0.3, -0.25) is 4.79 Å². The molecular formula is C20H15ClF3NO2. The zero-order valence-corrected chi connectivity index (χ0v) is 14.8. The predicted octanol–water partition coefficient (Wildman–Crippen LogP) is 6.19. The Hall–Kier alpha value is -2.73. The zero-order chi connectivity index (χ0) is 19.4. The zero-order valence-electron chi connectivity index (χ0n) is 14.0. The molecule has 0 aliphatic heterocycles. The summed E-state index contributed by atoms with van der Waals surface area (Å²) in [7, 11) is 0. The van der Waals surface area contributed by atoms with E-state index in [9.17, 15) is 18.0 Å². The van der Waals surface area contributed by atoms with Crippen LogP contribution >= 0.6 is 11.6 Å². The molecular weight excluding hydrogens is 379 g/mol. The quantitative estimate of drug-likeness (QED) is 0.561. The van der Waals surface area contributed by atoms with E-state index in [1.165, 1.54) is 6.07 Å². The molecule has 3 aromatic rings. The van der Waals surface area contributed by atoms with Crippen molar-refractivity contribution in [3.8, 4) is 11.3 Å². The smallest absolute Gasteiger partial charge is 0.417 e. The Kier molecular flexibility index (Phi) is 5.56. The Labute approximate surface area is 158 Å². The van der Waals surface area contributed by atoms with Crippen LogP contribution in [-0.4, -0.2) is 5.91 Å². The average Bonchev–Trinajstić information content (AvgIpc) is 3.10. The molecule has 1 amide bonds. The van der Waals surface area contributed by atoms with Crippen molar-refractivity contribution in [3.63, 3.8) is 0 Å². The highest BCUT2D eigenvalue weighted by Crippen LogP contribution is 2.36. The van der Waals surface area contributed by atoms with E-state index in [0.717, 1.165) is 17.7 Å². The van der Waals surface area contributed by atoms with Gasteiger partial charge in [0.15, 0.2) is 0 Å². The number of carbonyl (C=O) groups excluding carboxylic acids is 1. The van der Waals surface area contributed by atoms with Crippen LogP contribution in [0, 0.1) is 0 Å². The van der Waals surface area contributed by atoms with Crippen molar-refractivity contribution >= 4 is 23.2 Å². The molecule has 0 spiro atoms. The lowest BCUT2D eigenvalue weighted by Crippen LogP contribution is -2.13. The second-order valence-corrected chi connectivity index (χ2v) is 6.28. The summed E-state index contributed by atoms with van der Waals surface area (Å²) in [5, 5.41) is 2.04. The Balaban J connectivity index is 1.60. The van der Waals surface area contributed by atoms with E-state index in [-0.39, 0.29) is 12.1 Å². The van der Waals surface area contributed by atoms with E-state index in [2.05, 4.69) is 5.32 Å². The van der Waals surface area contributed by atoms with E-state index in [4.69, 9.17) is 16.0 Å². The third-order valence-corrected chi connectivity index (χ3v) is 4.20. The second-order valence-electron chi connectivity index (χ2n) is 5.87. The van der Waals surface area contributed by atoms with Crippen LogP contribution < -0.4 is 5.32 Å². The molecule has 0 radical (unpaired) electrons. The summed E-state index contributed by atoms with van der Waals surface area (Å²) >= 11 is 5.57. The lowest BCUT2D eigenvalue weighted by Gasteiger charge is -2.11. The molecule has 1 aromatic heterocycles. The Morgan fingerprint density at radius 2 is 1.78 bits per heavy atom. The molecule has 0 fully saturated rings. The fourth-order valence-electron chi connectivity index (χ4n) is 2.55. The van der Waals surface area contributed by atoms with E-state index in [0.29, 0.717) is 17.9 Å². The van der Waals surface area contributed by atoms with Crippen molar-refractivity contribution in [2.75, 3.05) is 5.32 Å². The van der Waals surface area contributed by atoms with Gasteiger partial charge in [-0.05, 0) is 30.3 Å². The first-order valence-electron chi connectivity index (χ1n) is 8.13. The summed E-state index contributed by atoms with van der Waals surface area (Å²) in [5.41, 5.74) is -0.0179. The van der Waals surface area contributed by atoms with Crippen molar-refractivity contribution in [1.29, 1.82) is 0 Å². The Bertz CT molecular complexity index is 936. The highest BCUT2D eigenvalue weighted by Gasteiger charge is 2.33. The fraction of sp³-hybridized carbons (Fsp3) is 0.150. The van der Waals surface area contributed by atoms with Gasteiger partial charge in [0, 0.05) is 24.1 Å². The van der Waals surface area contributed by atoms with Crippen LogP contribution in [-0.2, 0) is 17.4 Å². The fourth-order valence-corrected chi connectivity index (χ4v) is 2.78. The van der Waals surface area contributed by atoms with E-state index >= 15 is 0 Å². The molecule has 0 saturated heterocycles. The number of aryl methyl sites for hydroxylation is 1. The number of alkyl halides is 3. The molecule has 1 N–H and O–H groups in total. The van der Waals surface area contributed by atoms with Gasteiger partial charge >= 0.3 is 6.18 Å². The van der Waals surface area contributed by atoms with Gasteiger partial charge in [-0.25, -0.2) is 0 Å². The van der Waals surface area contributed by atoms with Crippen molar-refractivity contribution in [1.82, 2.24) is 0 Å². The first kappa shape index (κ1) is 19.0. The summed E-state index contributed by atoms with van der Waals surface area (Å²) < 4.78 is 44.3. The molecule has 3 rings (SSSR count). The maximum atomic E-state index is 12.9. The molecule has 0 saturated carbocycles. The van der Waals surface area contributed by atoms with Crippen LogP contribution in [0.15, 0.2) is 65.1 Å². The van der Waals surface area contributed by atoms with Gasteiger partial charge in [0.25, 0.3) is 0 Å². The normalized spacial score (nSPS) is 11.4. The summed E-state index contributed by atoms with van der Waals surface area (Å²) in [6.45, 7) is 0. The molecule has 0 unspecified atom stereocenters. The van der Waals surface area contributed by atoms with Crippen LogP contribution in [0.5, 0.6) is 0 Å². The third kappa shape index (κ3) is 4.92. The first-order valence-corrected chi connectivity index (χ1v) is 8.51. The molecule has 3 nitrogen and oxygen atoms in total. The average molecular weight is 394 g/mol. The minimum Gasteiger partial charge on any atom is -0.461 e. The highest BCUT2D eigenvalue weighted by molar-refractivity contribution is 6.31. The maximum absolute atomic E-state index is 12.9. The van der Waals surface area contributed by atoms with Crippen molar-refractivity contribution in [2.45, 2.75) is 19.0 Å².